The van der Waals surface area contributed by atoms with E-state index in [1.807, 2.05) is 37.3 Å². The molecule has 27 heavy (non-hydrogen) atoms. The van der Waals surface area contributed by atoms with Crippen LogP contribution in [0.5, 0.6) is 5.75 Å². The Morgan fingerprint density at radius 2 is 2.07 bits per heavy atom. The number of benzene rings is 1. The van der Waals surface area contributed by atoms with Gasteiger partial charge < -0.3 is 15.0 Å². The Bertz CT molecular complexity index is 811. The van der Waals surface area contributed by atoms with Gasteiger partial charge in [-0.3, -0.25) is 14.7 Å². The molecule has 1 aromatic carbocycles. The van der Waals surface area contributed by atoms with Crippen molar-refractivity contribution in [3.63, 3.8) is 0 Å². The molecule has 1 aromatic heterocycles. The fourth-order valence-corrected chi connectivity index (χ4v) is 2.86. The van der Waals surface area contributed by atoms with Crippen molar-refractivity contribution in [2.24, 2.45) is 0 Å². The summed E-state index contributed by atoms with van der Waals surface area (Å²) in [5.74, 6) is 0.778. The highest BCUT2D eigenvalue weighted by molar-refractivity contribution is 5.92. The van der Waals surface area contributed by atoms with E-state index < -0.39 is 0 Å². The molecule has 144 valence electrons. The average molecular weight is 370 g/mol. The van der Waals surface area contributed by atoms with Crippen molar-refractivity contribution >= 4 is 11.8 Å². The highest BCUT2D eigenvalue weighted by atomic mass is 16.5. The first kappa shape index (κ1) is 18.9. The topological polar surface area (TPSA) is 87.3 Å². The first-order chi connectivity index (χ1) is 13.0. The van der Waals surface area contributed by atoms with Crippen molar-refractivity contribution in [1.29, 1.82) is 0 Å². The van der Waals surface area contributed by atoms with Crippen LogP contribution in [0.4, 0.5) is 0 Å². The lowest BCUT2D eigenvalue weighted by molar-refractivity contribution is -0.130. The van der Waals surface area contributed by atoms with Crippen LogP contribution < -0.4 is 10.1 Å². The second kappa shape index (κ2) is 8.24. The van der Waals surface area contributed by atoms with Crippen LogP contribution in [-0.2, 0) is 4.79 Å². The van der Waals surface area contributed by atoms with E-state index in [4.69, 9.17) is 4.74 Å². The molecule has 1 saturated carbocycles. The number of para-hydroxylation sites is 1. The summed E-state index contributed by atoms with van der Waals surface area (Å²) < 4.78 is 5.71. The average Bonchev–Trinajstić information content (AvgIpc) is 3.40. The van der Waals surface area contributed by atoms with Gasteiger partial charge in [-0.2, -0.15) is 5.10 Å². The van der Waals surface area contributed by atoms with Gasteiger partial charge in [-0.15, -0.1) is 0 Å². The maximum Gasteiger partial charge on any atom is 0.272 e. The zero-order chi connectivity index (χ0) is 19.4. The number of aromatic nitrogens is 2. The third-order valence-electron chi connectivity index (χ3n) is 4.71. The number of nitrogens with one attached hydrogen (secondary N) is 2. The molecule has 1 atom stereocenters. The van der Waals surface area contributed by atoms with Crippen LogP contribution in [0.3, 0.4) is 0 Å². The summed E-state index contributed by atoms with van der Waals surface area (Å²) in [6.07, 6.45) is 2.99. The summed E-state index contributed by atoms with van der Waals surface area (Å²) in [4.78, 5) is 25.9. The second-order valence-corrected chi connectivity index (χ2v) is 7.03. The van der Waals surface area contributed by atoms with Gasteiger partial charge in [0.2, 0.25) is 0 Å². The Morgan fingerprint density at radius 1 is 1.33 bits per heavy atom. The normalized spacial score (nSPS) is 14.5. The monoisotopic (exact) mass is 370 g/mol. The third kappa shape index (κ3) is 4.67. The minimum Gasteiger partial charge on any atom is -0.483 e. The van der Waals surface area contributed by atoms with E-state index in [2.05, 4.69) is 15.5 Å². The van der Waals surface area contributed by atoms with Crippen LogP contribution in [0.15, 0.2) is 30.3 Å². The Balaban J connectivity index is 1.70. The summed E-state index contributed by atoms with van der Waals surface area (Å²) in [6.45, 7) is 1.95. The fraction of sp³-hybridized carbons (Fsp3) is 0.450. The molecule has 1 heterocycles. The number of hydrogen-bond donors (Lipinski definition) is 2. The Hall–Kier alpha value is -2.83. The van der Waals surface area contributed by atoms with Crippen molar-refractivity contribution < 1.29 is 14.3 Å². The number of hydrogen-bond acceptors (Lipinski definition) is 4. The van der Waals surface area contributed by atoms with Crippen LogP contribution in [0.25, 0.3) is 0 Å². The predicted octanol–water partition coefficient (Wildman–Crippen LogP) is 2.64. The van der Waals surface area contributed by atoms with Gasteiger partial charge in [0, 0.05) is 31.3 Å². The van der Waals surface area contributed by atoms with E-state index in [9.17, 15) is 9.59 Å². The van der Waals surface area contributed by atoms with Gasteiger partial charge in [0.05, 0.1) is 6.04 Å². The first-order valence-corrected chi connectivity index (χ1v) is 9.27. The standard InChI is InChI=1S/C20H26N4O3/c1-4-15(21-20(26)17-11-16(22-23-17)13-9-10-13)14-7-5-6-8-18(14)27-12-19(25)24(2)3/h5-8,11,13,15H,4,9-10,12H2,1-3H3,(H,21,26)(H,22,23)/t15-/m1/s1. The molecule has 0 aliphatic heterocycles. The molecule has 1 aliphatic rings. The van der Waals surface area contributed by atoms with Gasteiger partial charge in [0.15, 0.2) is 6.61 Å². The molecule has 1 aliphatic carbocycles. The molecule has 7 heteroatoms. The zero-order valence-electron chi connectivity index (χ0n) is 16.0. The predicted molar refractivity (Wildman–Crippen MR) is 102 cm³/mol. The number of ether oxygens (including phenoxy) is 1. The number of H-pyrrole nitrogens is 1. The van der Waals surface area contributed by atoms with Gasteiger partial charge in [-0.05, 0) is 31.4 Å². The SMILES string of the molecule is CC[C@@H](NC(=O)c1cc(C2CC2)[nH]n1)c1ccccc1OCC(=O)N(C)C. The largest absolute Gasteiger partial charge is 0.483 e. The molecule has 0 bridgehead atoms. The summed E-state index contributed by atoms with van der Waals surface area (Å²) in [7, 11) is 3.37. The van der Waals surface area contributed by atoms with Crippen LogP contribution in [0, 0.1) is 0 Å². The number of carbonyl (C=O) groups excluding carboxylic acids is 2. The second-order valence-electron chi connectivity index (χ2n) is 7.03. The Morgan fingerprint density at radius 3 is 2.74 bits per heavy atom. The number of nitrogens with zero attached hydrogens (tertiary/aromatic N) is 2. The third-order valence-corrected chi connectivity index (χ3v) is 4.71. The quantitative estimate of drug-likeness (QED) is 0.748. The maximum atomic E-state index is 12.6. The maximum absolute atomic E-state index is 12.6. The Kier molecular flexibility index (Phi) is 5.78. The lowest BCUT2D eigenvalue weighted by Crippen LogP contribution is -2.30. The highest BCUT2D eigenvalue weighted by Crippen LogP contribution is 2.39. The van der Waals surface area contributed by atoms with Crippen LogP contribution in [0.1, 0.15) is 59.9 Å². The molecular formula is C20H26N4O3. The van der Waals surface area contributed by atoms with E-state index in [1.165, 1.54) is 4.90 Å². The van der Waals surface area contributed by atoms with Gasteiger partial charge in [-0.1, -0.05) is 25.1 Å². The van der Waals surface area contributed by atoms with Crippen molar-refractivity contribution in [3.8, 4) is 5.75 Å². The van der Waals surface area contributed by atoms with Crippen molar-refractivity contribution in [2.45, 2.75) is 38.1 Å². The molecule has 1 fully saturated rings. The smallest absolute Gasteiger partial charge is 0.272 e. The molecule has 2 N–H and O–H groups in total. The summed E-state index contributed by atoms with van der Waals surface area (Å²) in [5, 5.41) is 10.1. The van der Waals surface area contributed by atoms with E-state index in [-0.39, 0.29) is 24.5 Å². The molecule has 0 spiro atoms. The van der Waals surface area contributed by atoms with E-state index >= 15 is 0 Å². The summed E-state index contributed by atoms with van der Waals surface area (Å²) in [5.41, 5.74) is 2.27. The molecule has 3 rings (SSSR count). The van der Waals surface area contributed by atoms with Gasteiger partial charge in [0.25, 0.3) is 11.8 Å². The lowest BCUT2D eigenvalue weighted by Gasteiger charge is -2.20. The highest BCUT2D eigenvalue weighted by Gasteiger charge is 2.27. The first-order valence-electron chi connectivity index (χ1n) is 9.27. The molecule has 2 aromatic rings. The van der Waals surface area contributed by atoms with Crippen molar-refractivity contribution in [1.82, 2.24) is 20.4 Å². The molecule has 0 unspecified atom stereocenters. The number of rotatable bonds is 8. The molecule has 0 saturated heterocycles. The van der Waals surface area contributed by atoms with Crippen LogP contribution >= 0.6 is 0 Å². The van der Waals surface area contributed by atoms with Gasteiger partial charge >= 0.3 is 0 Å². The number of amides is 2. The number of carbonyl (C=O) groups is 2. The van der Waals surface area contributed by atoms with Gasteiger partial charge in [0.1, 0.15) is 11.4 Å². The minimum atomic E-state index is -0.232. The molecule has 2 amide bonds. The zero-order valence-corrected chi connectivity index (χ0v) is 16.0. The number of likely N-dealkylation sites (N-methyl/N-ethyl adjacent to an activating group) is 1. The van der Waals surface area contributed by atoms with E-state index in [0.29, 0.717) is 23.8 Å². The lowest BCUT2D eigenvalue weighted by atomic mass is 10.0. The van der Waals surface area contributed by atoms with Gasteiger partial charge in [-0.25, -0.2) is 0 Å². The molecule has 7 nitrogen and oxygen atoms in total. The van der Waals surface area contributed by atoms with Crippen LogP contribution in [0.2, 0.25) is 0 Å². The van der Waals surface area contributed by atoms with E-state index in [1.54, 1.807) is 14.1 Å². The van der Waals surface area contributed by atoms with Crippen LogP contribution in [-0.4, -0.2) is 47.6 Å². The number of aromatic amines is 1. The summed E-state index contributed by atoms with van der Waals surface area (Å²) in [6, 6.07) is 9.06. The molecule has 0 radical (unpaired) electrons. The Labute approximate surface area is 159 Å². The molecular weight excluding hydrogens is 344 g/mol. The summed E-state index contributed by atoms with van der Waals surface area (Å²) >= 11 is 0. The van der Waals surface area contributed by atoms with E-state index in [0.717, 1.165) is 24.1 Å². The van der Waals surface area contributed by atoms with Crippen molar-refractivity contribution in [2.75, 3.05) is 20.7 Å². The minimum absolute atomic E-state index is 0.0431. The fourth-order valence-electron chi connectivity index (χ4n) is 2.86. The van der Waals surface area contributed by atoms with Crippen molar-refractivity contribution in [3.05, 3.63) is 47.3 Å².